The normalized spacial score (nSPS) is 15.0. The molecule has 1 fully saturated rings. The Hall–Kier alpha value is -2.37. The lowest BCUT2D eigenvalue weighted by molar-refractivity contribution is 0.0963. The van der Waals surface area contributed by atoms with Crippen molar-refractivity contribution < 1.29 is 9.53 Å². The van der Waals surface area contributed by atoms with Crippen LogP contribution in [-0.4, -0.2) is 57.2 Å². The van der Waals surface area contributed by atoms with Crippen molar-refractivity contribution in [3.63, 3.8) is 0 Å². The van der Waals surface area contributed by atoms with Crippen LogP contribution in [0.25, 0.3) is 5.82 Å². The molecule has 0 saturated carbocycles. The summed E-state index contributed by atoms with van der Waals surface area (Å²) in [5, 5.41) is 3.23. The Morgan fingerprint density at radius 1 is 1.39 bits per heavy atom. The highest BCUT2D eigenvalue weighted by Crippen LogP contribution is 2.11. The number of nitrogens with one attached hydrogen (secondary N) is 1. The van der Waals surface area contributed by atoms with Crippen LogP contribution in [0, 0.1) is 0 Å². The van der Waals surface area contributed by atoms with Crippen LogP contribution < -0.4 is 11.1 Å². The van der Waals surface area contributed by atoms with Crippen molar-refractivity contribution in [2.75, 3.05) is 19.7 Å². The SMILES string of the molecule is CCOC(=O)N1CCC(NC(N)=NCc2ccc(-n3ccnc3)nc2)CC1.I. The molecule has 1 saturated heterocycles. The maximum absolute atomic E-state index is 11.7. The lowest BCUT2D eigenvalue weighted by atomic mass is 10.1. The molecule has 9 nitrogen and oxygen atoms in total. The molecular formula is C18H26IN7O2. The Labute approximate surface area is 181 Å². The third kappa shape index (κ3) is 6.08. The quantitative estimate of drug-likeness (QED) is 0.370. The summed E-state index contributed by atoms with van der Waals surface area (Å²) in [5.41, 5.74) is 6.98. The van der Waals surface area contributed by atoms with Crippen LogP contribution >= 0.6 is 24.0 Å². The number of carbonyl (C=O) groups is 1. The Kier molecular flexibility index (Phi) is 8.48. The van der Waals surface area contributed by atoms with Crippen molar-refractivity contribution >= 4 is 36.0 Å². The predicted octanol–water partition coefficient (Wildman–Crippen LogP) is 1.91. The molecule has 0 unspecified atom stereocenters. The molecule has 0 radical (unpaired) electrons. The molecule has 3 rings (SSSR count). The van der Waals surface area contributed by atoms with E-state index in [2.05, 4.69) is 20.3 Å². The first-order chi connectivity index (χ1) is 13.2. The van der Waals surface area contributed by atoms with E-state index in [1.54, 1.807) is 23.6 Å². The second-order valence-electron chi connectivity index (χ2n) is 6.30. The third-order valence-corrected chi connectivity index (χ3v) is 4.38. The zero-order valence-corrected chi connectivity index (χ0v) is 18.2. The van der Waals surface area contributed by atoms with Crippen molar-refractivity contribution in [1.29, 1.82) is 0 Å². The van der Waals surface area contributed by atoms with E-state index in [-0.39, 0.29) is 36.1 Å². The number of amides is 1. The van der Waals surface area contributed by atoms with Gasteiger partial charge in [0.25, 0.3) is 0 Å². The number of rotatable bonds is 5. The molecule has 0 aliphatic carbocycles. The number of carbonyl (C=O) groups excluding carboxylic acids is 1. The average Bonchev–Trinajstić information content (AvgIpc) is 3.22. The second kappa shape index (κ2) is 10.8. The number of imidazole rings is 1. The number of likely N-dealkylation sites (tertiary alicyclic amines) is 1. The standard InChI is InChI=1S/C18H25N7O2.HI/c1-2-27-18(26)24-8-5-15(6-9-24)23-17(19)22-12-14-3-4-16(21-11-14)25-10-7-20-13-25;/h3-4,7,10-11,13,15H,2,5-6,8-9,12H2,1H3,(H3,19,22,23);1H. The first-order valence-corrected chi connectivity index (χ1v) is 9.07. The fraction of sp³-hybridized carbons (Fsp3) is 0.444. The van der Waals surface area contributed by atoms with Gasteiger partial charge in [0.1, 0.15) is 12.1 Å². The van der Waals surface area contributed by atoms with Crippen LogP contribution in [0.4, 0.5) is 4.79 Å². The number of nitrogens with two attached hydrogens (primary N) is 1. The van der Waals surface area contributed by atoms with E-state index in [1.165, 1.54) is 0 Å². The highest BCUT2D eigenvalue weighted by atomic mass is 127. The fourth-order valence-electron chi connectivity index (χ4n) is 2.91. The van der Waals surface area contributed by atoms with Crippen LogP contribution in [0.2, 0.25) is 0 Å². The van der Waals surface area contributed by atoms with E-state index in [4.69, 9.17) is 10.5 Å². The van der Waals surface area contributed by atoms with Gasteiger partial charge in [-0.15, -0.1) is 24.0 Å². The number of pyridine rings is 1. The molecule has 3 N–H and O–H groups in total. The Balaban J connectivity index is 0.00000280. The molecule has 1 aliphatic heterocycles. The number of hydrogen-bond acceptors (Lipinski definition) is 5. The Bertz CT molecular complexity index is 757. The largest absolute Gasteiger partial charge is 0.450 e. The summed E-state index contributed by atoms with van der Waals surface area (Å²) in [6, 6.07) is 4.10. The first kappa shape index (κ1) is 21.9. The molecule has 2 aromatic rings. The molecule has 0 spiro atoms. The van der Waals surface area contributed by atoms with Gasteiger partial charge in [0.05, 0.1) is 13.2 Å². The van der Waals surface area contributed by atoms with E-state index in [0.717, 1.165) is 24.2 Å². The zero-order valence-electron chi connectivity index (χ0n) is 15.8. The topological polar surface area (TPSA) is 111 Å². The summed E-state index contributed by atoms with van der Waals surface area (Å²) in [6.45, 7) is 3.98. The van der Waals surface area contributed by atoms with Crippen LogP contribution in [0.3, 0.4) is 0 Å². The highest BCUT2D eigenvalue weighted by molar-refractivity contribution is 14.0. The van der Waals surface area contributed by atoms with Gasteiger partial charge >= 0.3 is 6.09 Å². The lowest BCUT2D eigenvalue weighted by Crippen LogP contribution is -2.48. The summed E-state index contributed by atoms with van der Waals surface area (Å²) < 4.78 is 6.86. The van der Waals surface area contributed by atoms with E-state index in [1.807, 2.05) is 29.8 Å². The van der Waals surface area contributed by atoms with E-state index < -0.39 is 0 Å². The minimum atomic E-state index is -0.246. The highest BCUT2D eigenvalue weighted by Gasteiger charge is 2.23. The summed E-state index contributed by atoms with van der Waals surface area (Å²) in [4.78, 5) is 26.2. The summed E-state index contributed by atoms with van der Waals surface area (Å²) in [7, 11) is 0. The number of halogens is 1. The maximum Gasteiger partial charge on any atom is 0.409 e. The summed E-state index contributed by atoms with van der Waals surface area (Å²) in [6.07, 6.45) is 8.42. The molecule has 1 aliphatic rings. The van der Waals surface area contributed by atoms with Gasteiger partial charge in [0.2, 0.25) is 0 Å². The monoisotopic (exact) mass is 499 g/mol. The first-order valence-electron chi connectivity index (χ1n) is 9.07. The van der Waals surface area contributed by atoms with Gasteiger partial charge < -0.3 is 20.7 Å². The molecule has 1 amide bonds. The molecule has 0 atom stereocenters. The Morgan fingerprint density at radius 3 is 2.79 bits per heavy atom. The number of piperidine rings is 1. The molecular weight excluding hydrogens is 473 g/mol. The van der Waals surface area contributed by atoms with Crippen molar-refractivity contribution in [3.8, 4) is 5.82 Å². The second-order valence-corrected chi connectivity index (χ2v) is 6.30. The third-order valence-electron chi connectivity index (χ3n) is 4.38. The number of guanidine groups is 1. The van der Waals surface area contributed by atoms with Gasteiger partial charge in [-0.3, -0.25) is 4.57 Å². The summed E-state index contributed by atoms with van der Waals surface area (Å²) in [5.74, 6) is 1.21. The Morgan fingerprint density at radius 2 is 2.18 bits per heavy atom. The van der Waals surface area contributed by atoms with Crippen LogP contribution in [-0.2, 0) is 11.3 Å². The van der Waals surface area contributed by atoms with Crippen molar-refractivity contribution in [2.45, 2.75) is 32.4 Å². The number of hydrogen-bond donors (Lipinski definition) is 2. The van der Waals surface area contributed by atoms with Crippen LogP contribution in [0.15, 0.2) is 42.0 Å². The number of nitrogens with zero attached hydrogens (tertiary/aromatic N) is 5. The van der Waals surface area contributed by atoms with Crippen molar-refractivity contribution in [2.24, 2.45) is 10.7 Å². The molecule has 2 aromatic heterocycles. The number of ether oxygens (including phenoxy) is 1. The number of aliphatic imine (C=N–C) groups is 1. The predicted molar refractivity (Wildman–Crippen MR) is 117 cm³/mol. The minimum absolute atomic E-state index is 0. The van der Waals surface area contributed by atoms with E-state index in [0.29, 0.717) is 32.2 Å². The average molecular weight is 499 g/mol. The molecule has 0 bridgehead atoms. The maximum atomic E-state index is 11.7. The van der Waals surface area contributed by atoms with Crippen molar-refractivity contribution in [1.82, 2.24) is 24.8 Å². The zero-order chi connectivity index (χ0) is 19.1. The van der Waals surface area contributed by atoms with E-state index >= 15 is 0 Å². The lowest BCUT2D eigenvalue weighted by Gasteiger charge is -2.31. The van der Waals surface area contributed by atoms with Gasteiger partial charge in [-0.2, -0.15) is 0 Å². The molecule has 3 heterocycles. The smallest absolute Gasteiger partial charge is 0.409 e. The fourth-order valence-corrected chi connectivity index (χ4v) is 2.91. The van der Waals surface area contributed by atoms with Crippen LogP contribution in [0.5, 0.6) is 0 Å². The van der Waals surface area contributed by atoms with Gasteiger partial charge in [0.15, 0.2) is 5.96 Å². The van der Waals surface area contributed by atoms with Crippen LogP contribution in [0.1, 0.15) is 25.3 Å². The molecule has 10 heteroatoms. The molecule has 28 heavy (non-hydrogen) atoms. The van der Waals surface area contributed by atoms with Gasteiger partial charge in [-0.1, -0.05) is 6.07 Å². The summed E-state index contributed by atoms with van der Waals surface area (Å²) >= 11 is 0. The number of aromatic nitrogens is 3. The molecule has 152 valence electrons. The van der Waals surface area contributed by atoms with Gasteiger partial charge in [0, 0.05) is 37.7 Å². The van der Waals surface area contributed by atoms with Crippen molar-refractivity contribution in [3.05, 3.63) is 42.6 Å². The van der Waals surface area contributed by atoms with Gasteiger partial charge in [-0.25, -0.2) is 19.8 Å². The van der Waals surface area contributed by atoms with E-state index in [9.17, 15) is 4.79 Å². The van der Waals surface area contributed by atoms with Gasteiger partial charge in [-0.05, 0) is 31.4 Å². The minimum Gasteiger partial charge on any atom is -0.450 e. The molecule has 0 aromatic carbocycles.